The molecule has 0 bridgehead atoms. The van der Waals surface area contributed by atoms with Crippen LogP contribution < -0.4 is 16.0 Å². The number of nitrogens with one attached hydrogen (secondary N) is 3. The summed E-state index contributed by atoms with van der Waals surface area (Å²) in [7, 11) is 0. The van der Waals surface area contributed by atoms with Crippen molar-refractivity contribution in [2.24, 2.45) is 0 Å². The van der Waals surface area contributed by atoms with Gasteiger partial charge >= 0.3 is 6.03 Å². The van der Waals surface area contributed by atoms with Crippen LogP contribution in [0.5, 0.6) is 0 Å². The number of aryl methyl sites for hydroxylation is 2. The fraction of sp³-hybridized carbons (Fsp3) is 0.200. The lowest BCUT2D eigenvalue weighted by Crippen LogP contribution is -2.19. The molecule has 12 heteroatoms. The Kier molecular flexibility index (Phi) is 6.32. The van der Waals surface area contributed by atoms with E-state index >= 15 is 0 Å². The average molecular weight is 422 g/mol. The van der Waals surface area contributed by atoms with Crippen LogP contribution in [0.25, 0.3) is 0 Å². The first-order chi connectivity index (χ1) is 13.0. The predicted octanol–water partition coefficient (Wildman–Crippen LogP) is 3.38. The fourth-order valence-corrected chi connectivity index (χ4v) is 4.00. The van der Waals surface area contributed by atoms with Gasteiger partial charge in [0.05, 0.1) is 5.75 Å². The third-order valence-corrected chi connectivity index (χ3v) is 5.76. The summed E-state index contributed by atoms with van der Waals surface area (Å²) in [4.78, 5) is 23.9. The Balaban J connectivity index is 1.45. The number of hydrogen-bond acceptors (Lipinski definition) is 9. The first-order valence-electron chi connectivity index (χ1n) is 7.69. The molecule has 3 rings (SSSR count). The minimum atomic E-state index is -0.407. The molecule has 0 unspecified atom stereocenters. The number of aromatic nitrogens is 4. The molecule has 3 N–H and O–H groups in total. The lowest BCUT2D eigenvalue weighted by atomic mass is 10.2. The van der Waals surface area contributed by atoms with E-state index in [0.717, 1.165) is 10.6 Å². The number of urea groups is 1. The van der Waals surface area contributed by atoms with Crippen molar-refractivity contribution in [3.8, 4) is 0 Å². The van der Waals surface area contributed by atoms with Crippen LogP contribution in [0.15, 0.2) is 28.6 Å². The minimum absolute atomic E-state index is 0.156. The van der Waals surface area contributed by atoms with Gasteiger partial charge in [0, 0.05) is 5.69 Å². The van der Waals surface area contributed by atoms with Crippen molar-refractivity contribution in [1.82, 2.24) is 20.4 Å². The summed E-state index contributed by atoms with van der Waals surface area (Å²) < 4.78 is 0.573. The zero-order valence-corrected chi connectivity index (χ0v) is 16.8. The van der Waals surface area contributed by atoms with E-state index in [1.54, 1.807) is 0 Å². The minimum Gasteiger partial charge on any atom is -0.308 e. The Bertz CT molecular complexity index is 939. The maximum absolute atomic E-state index is 12.0. The molecule has 2 aromatic heterocycles. The van der Waals surface area contributed by atoms with E-state index in [0.29, 0.717) is 20.3 Å². The lowest BCUT2D eigenvalue weighted by Gasteiger charge is -2.04. The average Bonchev–Trinajstić information content (AvgIpc) is 3.24. The van der Waals surface area contributed by atoms with Crippen molar-refractivity contribution < 1.29 is 9.59 Å². The van der Waals surface area contributed by atoms with Gasteiger partial charge in [-0.1, -0.05) is 52.1 Å². The molecule has 27 heavy (non-hydrogen) atoms. The Labute approximate surface area is 167 Å². The Morgan fingerprint density at radius 1 is 0.926 bits per heavy atom. The number of amides is 3. The van der Waals surface area contributed by atoms with Crippen LogP contribution in [0.3, 0.4) is 0 Å². The van der Waals surface area contributed by atoms with Crippen LogP contribution in [0, 0.1) is 13.8 Å². The summed E-state index contributed by atoms with van der Waals surface area (Å²) in [5.74, 6) is -0.0546. The monoisotopic (exact) mass is 421 g/mol. The summed E-state index contributed by atoms with van der Waals surface area (Å²) in [6, 6.07) is 7.03. The molecule has 0 saturated carbocycles. The zero-order valence-electron chi connectivity index (χ0n) is 14.3. The first-order valence-corrected chi connectivity index (χ1v) is 10.3. The van der Waals surface area contributed by atoms with E-state index < -0.39 is 6.03 Å². The Morgan fingerprint density at radius 3 is 2.33 bits per heavy atom. The molecule has 2 heterocycles. The van der Waals surface area contributed by atoms with Gasteiger partial charge in [-0.05, 0) is 26.0 Å². The third-order valence-electron chi connectivity index (χ3n) is 3.04. The summed E-state index contributed by atoms with van der Waals surface area (Å²) in [6.07, 6.45) is 0. The summed E-state index contributed by atoms with van der Waals surface area (Å²) in [5, 5.41) is 25.1. The summed E-state index contributed by atoms with van der Waals surface area (Å²) in [5.41, 5.74) is 1.79. The molecule has 0 fully saturated rings. The van der Waals surface area contributed by atoms with Crippen LogP contribution >= 0.6 is 34.4 Å². The molecule has 140 valence electrons. The second-order valence-electron chi connectivity index (χ2n) is 5.28. The van der Waals surface area contributed by atoms with Gasteiger partial charge < -0.3 is 5.32 Å². The van der Waals surface area contributed by atoms with Gasteiger partial charge in [0.25, 0.3) is 0 Å². The van der Waals surface area contributed by atoms with Crippen LogP contribution in [-0.2, 0) is 4.79 Å². The second kappa shape index (κ2) is 8.88. The van der Waals surface area contributed by atoms with Crippen LogP contribution in [-0.4, -0.2) is 38.1 Å². The van der Waals surface area contributed by atoms with Gasteiger partial charge in [-0.15, -0.1) is 20.4 Å². The van der Waals surface area contributed by atoms with E-state index in [2.05, 4.69) is 36.3 Å². The number of carbonyl (C=O) groups is 2. The number of benzene rings is 1. The Morgan fingerprint density at radius 2 is 1.63 bits per heavy atom. The standard InChI is InChI=1S/C15H15N7O2S3/c1-8-3-5-10(6-4-8)16-12(24)18-14-21-22-15(27-14)25-7-11(23)17-13-20-19-9(2)26-13/h3-6H,7H2,1-2H3,(H,17,20,23)(H2,16,18,21,24). The molecular formula is C15H15N7O2S3. The van der Waals surface area contributed by atoms with Crippen LogP contribution in [0.4, 0.5) is 20.7 Å². The first kappa shape index (κ1) is 19.2. The zero-order chi connectivity index (χ0) is 19.2. The molecular weight excluding hydrogens is 406 g/mol. The molecule has 0 aliphatic carbocycles. The highest BCUT2D eigenvalue weighted by Crippen LogP contribution is 2.26. The maximum Gasteiger partial charge on any atom is 0.325 e. The van der Waals surface area contributed by atoms with Crippen LogP contribution in [0.1, 0.15) is 10.6 Å². The maximum atomic E-state index is 12.0. The lowest BCUT2D eigenvalue weighted by molar-refractivity contribution is -0.113. The predicted molar refractivity (Wildman–Crippen MR) is 108 cm³/mol. The van der Waals surface area contributed by atoms with E-state index in [-0.39, 0.29) is 11.7 Å². The van der Waals surface area contributed by atoms with E-state index in [1.807, 2.05) is 38.1 Å². The van der Waals surface area contributed by atoms with Crippen molar-refractivity contribution in [2.45, 2.75) is 18.2 Å². The van der Waals surface area contributed by atoms with Crippen molar-refractivity contribution in [1.29, 1.82) is 0 Å². The van der Waals surface area contributed by atoms with Crippen molar-refractivity contribution >= 4 is 62.3 Å². The summed E-state index contributed by atoms with van der Waals surface area (Å²) in [6.45, 7) is 3.78. The molecule has 0 spiro atoms. The molecule has 3 aromatic rings. The molecule has 9 nitrogen and oxygen atoms in total. The normalized spacial score (nSPS) is 10.4. The second-order valence-corrected chi connectivity index (χ2v) is 8.66. The highest BCUT2D eigenvalue weighted by atomic mass is 32.2. The number of nitrogens with zero attached hydrogens (tertiary/aromatic N) is 4. The third kappa shape index (κ3) is 5.98. The quantitative estimate of drug-likeness (QED) is 0.412. The number of thioether (sulfide) groups is 1. The molecule has 1 aromatic carbocycles. The SMILES string of the molecule is Cc1ccc(NC(=O)Nc2nnc(SCC(=O)Nc3nnc(C)s3)s2)cc1. The van der Waals surface area contributed by atoms with Gasteiger partial charge in [-0.25, -0.2) is 4.79 Å². The molecule has 0 aliphatic heterocycles. The molecule has 0 radical (unpaired) electrons. The van der Waals surface area contributed by atoms with Gasteiger partial charge in [0.15, 0.2) is 4.34 Å². The van der Waals surface area contributed by atoms with Crippen molar-refractivity contribution in [3.63, 3.8) is 0 Å². The van der Waals surface area contributed by atoms with Gasteiger partial charge in [0.1, 0.15) is 5.01 Å². The van der Waals surface area contributed by atoms with Gasteiger partial charge in [-0.3, -0.25) is 15.4 Å². The van der Waals surface area contributed by atoms with Crippen molar-refractivity contribution in [3.05, 3.63) is 34.8 Å². The highest BCUT2D eigenvalue weighted by molar-refractivity contribution is 8.01. The van der Waals surface area contributed by atoms with Gasteiger partial charge in [-0.2, -0.15) is 0 Å². The van der Waals surface area contributed by atoms with Crippen LogP contribution in [0.2, 0.25) is 0 Å². The van der Waals surface area contributed by atoms with E-state index in [4.69, 9.17) is 0 Å². The number of carbonyl (C=O) groups excluding carboxylic acids is 2. The number of hydrogen-bond donors (Lipinski definition) is 3. The number of rotatable bonds is 6. The highest BCUT2D eigenvalue weighted by Gasteiger charge is 2.12. The van der Waals surface area contributed by atoms with Crippen molar-refractivity contribution in [2.75, 3.05) is 21.7 Å². The molecule has 0 atom stereocenters. The largest absolute Gasteiger partial charge is 0.325 e. The van der Waals surface area contributed by atoms with E-state index in [9.17, 15) is 9.59 Å². The topological polar surface area (TPSA) is 122 Å². The molecule has 0 aliphatic rings. The summed E-state index contributed by atoms with van der Waals surface area (Å²) >= 11 is 3.72. The Hall–Kier alpha value is -2.57. The number of anilines is 3. The van der Waals surface area contributed by atoms with Gasteiger partial charge in [0.2, 0.25) is 16.2 Å². The fourth-order valence-electron chi connectivity index (χ4n) is 1.84. The smallest absolute Gasteiger partial charge is 0.308 e. The molecule has 0 saturated heterocycles. The molecule has 3 amide bonds. The van der Waals surface area contributed by atoms with E-state index in [1.165, 1.54) is 34.4 Å².